The second-order valence-electron chi connectivity index (χ2n) is 7.11. The van der Waals surface area contributed by atoms with Gasteiger partial charge in [0.05, 0.1) is 11.6 Å². The van der Waals surface area contributed by atoms with Crippen molar-refractivity contribution in [2.75, 3.05) is 4.90 Å². The molecule has 0 radical (unpaired) electrons. The minimum atomic E-state index is -0.340. The van der Waals surface area contributed by atoms with Gasteiger partial charge in [0.25, 0.3) is 5.91 Å². The maximum Gasteiger partial charge on any atom is 0.260 e. The van der Waals surface area contributed by atoms with Crippen LogP contribution in [-0.2, 0) is 4.79 Å². The summed E-state index contributed by atoms with van der Waals surface area (Å²) in [6.45, 7) is 3.76. The molecule has 1 atom stereocenters. The Morgan fingerprint density at radius 3 is 2.67 bits per heavy atom. The molecule has 27 heavy (non-hydrogen) atoms. The van der Waals surface area contributed by atoms with Crippen molar-refractivity contribution in [3.63, 3.8) is 0 Å². The van der Waals surface area contributed by atoms with Gasteiger partial charge in [0.2, 0.25) is 0 Å². The first-order chi connectivity index (χ1) is 13.0. The fraction of sp³-hybridized carbons (Fsp3) is 0.227. The van der Waals surface area contributed by atoms with Gasteiger partial charge in [0.1, 0.15) is 11.6 Å². The molecule has 1 aliphatic rings. The Bertz CT molecular complexity index is 1060. The van der Waals surface area contributed by atoms with E-state index >= 15 is 0 Å². The molecule has 1 aliphatic heterocycles. The van der Waals surface area contributed by atoms with Crippen LogP contribution in [0.4, 0.5) is 5.82 Å². The molecule has 3 aromatic rings. The van der Waals surface area contributed by atoms with E-state index in [0.29, 0.717) is 16.4 Å². The molecule has 4 nitrogen and oxygen atoms in total. The Labute approximate surface area is 162 Å². The highest BCUT2D eigenvalue weighted by molar-refractivity contribution is 6.31. The maximum atomic E-state index is 13.1. The van der Waals surface area contributed by atoms with Crippen LogP contribution < -0.4 is 4.90 Å². The molecule has 0 saturated heterocycles. The first-order valence-corrected chi connectivity index (χ1v) is 9.35. The van der Waals surface area contributed by atoms with Crippen LogP contribution in [0.15, 0.2) is 54.6 Å². The number of anilines is 1. The van der Waals surface area contributed by atoms with Gasteiger partial charge in [0.15, 0.2) is 0 Å². The molecule has 0 saturated carbocycles. The SMILES string of the molecule is CC(C)C(=O)CC1c2ccccc2C(=O)N1c1ccc2ccc(Cl)cc2n1. The standard InChI is InChI=1S/C22H19ClN2O2/c1-13(2)20(26)12-19-16-5-3-4-6-17(16)22(27)25(19)21-10-8-14-7-9-15(23)11-18(14)24-21/h3-11,13,19H,12H2,1-2H3. The number of pyridine rings is 1. The zero-order chi connectivity index (χ0) is 19.1. The first kappa shape index (κ1) is 17.7. The number of nitrogens with zero attached hydrogens (tertiary/aromatic N) is 2. The molecule has 5 heteroatoms. The fourth-order valence-corrected chi connectivity index (χ4v) is 3.66. The molecule has 0 N–H and O–H groups in total. The lowest BCUT2D eigenvalue weighted by Gasteiger charge is -2.25. The van der Waals surface area contributed by atoms with Crippen LogP contribution in [0.3, 0.4) is 0 Å². The Balaban J connectivity index is 1.82. The second-order valence-corrected chi connectivity index (χ2v) is 7.55. The molecule has 1 aromatic heterocycles. The van der Waals surface area contributed by atoms with Crippen molar-refractivity contribution < 1.29 is 9.59 Å². The summed E-state index contributed by atoms with van der Waals surface area (Å²) in [4.78, 5) is 31.9. The summed E-state index contributed by atoms with van der Waals surface area (Å²) >= 11 is 6.10. The highest BCUT2D eigenvalue weighted by Crippen LogP contribution is 2.39. The zero-order valence-electron chi connectivity index (χ0n) is 15.1. The number of hydrogen-bond acceptors (Lipinski definition) is 3. The number of rotatable bonds is 4. The number of aromatic nitrogens is 1. The fourth-order valence-electron chi connectivity index (χ4n) is 3.50. The molecule has 0 aliphatic carbocycles. The van der Waals surface area contributed by atoms with Crippen LogP contribution in [0.1, 0.15) is 42.2 Å². The van der Waals surface area contributed by atoms with E-state index in [1.807, 2.05) is 62.4 Å². The topological polar surface area (TPSA) is 50.3 Å². The Hall–Kier alpha value is -2.72. The van der Waals surface area contributed by atoms with Gasteiger partial charge in [-0.1, -0.05) is 49.7 Å². The Morgan fingerprint density at radius 2 is 1.89 bits per heavy atom. The molecule has 1 amide bonds. The van der Waals surface area contributed by atoms with Crippen molar-refractivity contribution in [2.45, 2.75) is 26.3 Å². The third-order valence-corrected chi connectivity index (χ3v) is 5.24. The van der Waals surface area contributed by atoms with E-state index in [-0.39, 0.29) is 30.1 Å². The molecular formula is C22H19ClN2O2. The van der Waals surface area contributed by atoms with Crippen LogP contribution in [0.5, 0.6) is 0 Å². The van der Waals surface area contributed by atoms with Crippen LogP contribution in [-0.4, -0.2) is 16.7 Å². The molecule has 2 aromatic carbocycles. The lowest BCUT2D eigenvalue weighted by molar-refractivity contribution is -0.122. The third kappa shape index (κ3) is 3.10. The van der Waals surface area contributed by atoms with Gasteiger partial charge in [-0.25, -0.2) is 4.98 Å². The quantitative estimate of drug-likeness (QED) is 0.626. The van der Waals surface area contributed by atoms with E-state index in [4.69, 9.17) is 11.6 Å². The van der Waals surface area contributed by atoms with Crippen molar-refractivity contribution in [1.82, 2.24) is 4.98 Å². The molecule has 2 heterocycles. The van der Waals surface area contributed by atoms with Crippen molar-refractivity contribution >= 4 is 40.0 Å². The first-order valence-electron chi connectivity index (χ1n) is 8.97. The summed E-state index contributed by atoms with van der Waals surface area (Å²) in [5.41, 5.74) is 2.23. The van der Waals surface area contributed by atoms with Crippen molar-refractivity contribution in [3.8, 4) is 0 Å². The van der Waals surface area contributed by atoms with Gasteiger partial charge in [0, 0.05) is 28.3 Å². The minimum absolute atomic E-state index is 0.0851. The molecular weight excluding hydrogens is 360 g/mol. The van der Waals surface area contributed by atoms with Gasteiger partial charge < -0.3 is 0 Å². The van der Waals surface area contributed by atoms with Crippen molar-refractivity contribution in [2.24, 2.45) is 5.92 Å². The second kappa shape index (κ2) is 6.78. The van der Waals surface area contributed by atoms with E-state index in [9.17, 15) is 9.59 Å². The molecule has 0 bridgehead atoms. The lowest BCUT2D eigenvalue weighted by Crippen LogP contribution is -2.30. The molecule has 4 rings (SSSR count). The average molecular weight is 379 g/mol. The summed E-state index contributed by atoms with van der Waals surface area (Å²) in [6, 6.07) is 16.4. The van der Waals surface area contributed by atoms with Crippen molar-refractivity contribution in [1.29, 1.82) is 0 Å². The highest BCUT2D eigenvalue weighted by Gasteiger charge is 2.39. The van der Waals surface area contributed by atoms with Gasteiger partial charge in [-0.3, -0.25) is 14.5 Å². The van der Waals surface area contributed by atoms with E-state index in [0.717, 1.165) is 16.5 Å². The predicted octanol–water partition coefficient (Wildman–Crippen LogP) is 5.20. The van der Waals surface area contributed by atoms with E-state index in [1.54, 1.807) is 11.0 Å². The predicted molar refractivity (Wildman–Crippen MR) is 107 cm³/mol. The summed E-state index contributed by atoms with van der Waals surface area (Å²) in [7, 11) is 0. The van der Waals surface area contributed by atoms with Gasteiger partial charge >= 0.3 is 0 Å². The van der Waals surface area contributed by atoms with Crippen LogP contribution in [0.25, 0.3) is 10.9 Å². The maximum absolute atomic E-state index is 13.1. The van der Waals surface area contributed by atoms with E-state index in [2.05, 4.69) is 4.98 Å². The average Bonchev–Trinajstić information content (AvgIpc) is 2.93. The third-order valence-electron chi connectivity index (χ3n) is 5.01. The van der Waals surface area contributed by atoms with Crippen molar-refractivity contribution in [3.05, 3.63) is 70.7 Å². The van der Waals surface area contributed by atoms with E-state index < -0.39 is 0 Å². The lowest BCUT2D eigenvalue weighted by atomic mass is 9.96. The number of carbonyl (C=O) groups is 2. The van der Waals surface area contributed by atoms with Crippen LogP contribution >= 0.6 is 11.6 Å². The monoisotopic (exact) mass is 378 g/mol. The number of fused-ring (bicyclic) bond motifs is 2. The highest BCUT2D eigenvalue weighted by atomic mass is 35.5. The number of halogens is 1. The van der Waals surface area contributed by atoms with Gasteiger partial charge in [-0.15, -0.1) is 0 Å². The van der Waals surface area contributed by atoms with Gasteiger partial charge in [-0.2, -0.15) is 0 Å². The largest absolute Gasteiger partial charge is 0.299 e. The zero-order valence-corrected chi connectivity index (χ0v) is 15.9. The number of Topliss-reactive ketones (excluding diaryl/α,β-unsaturated/α-hetero) is 1. The smallest absolute Gasteiger partial charge is 0.260 e. The summed E-state index contributed by atoms with van der Waals surface area (Å²) < 4.78 is 0. The minimum Gasteiger partial charge on any atom is -0.299 e. The van der Waals surface area contributed by atoms with Gasteiger partial charge in [-0.05, 0) is 35.9 Å². The Kier molecular flexibility index (Phi) is 4.44. The summed E-state index contributed by atoms with van der Waals surface area (Å²) in [5.74, 6) is 0.449. The van der Waals surface area contributed by atoms with Crippen LogP contribution in [0.2, 0.25) is 5.02 Å². The molecule has 136 valence electrons. The summed E-state index contributed by atoms with van der Waals surface area (Å²) in [6.07, 6.45) is 0.273. The molecule has 1 unspecified atom stereocenters. The Morgan fingerprint density at radius 1 is 1.15 bits per heavy atom. The van der Waals surface area contributed by atoms with E-state index in [1.165, 1.54) is 0 Å². The molecule has 0 fully saturated rings. The van der Waals surface area contributed by atoms with Crippen LogP contribution in [0, 0.1) is 5.92 Å². The number of carbonyl (C=O) groups excluding carboxylic acids is 2. The number of hydrogen-bond donors (Lipinski definition) is 0. The normalized spacial score (nSPS) is 16.2. The number of amides is 1. The number of benzene rings is 2. The number of ketones is 1. The summed E-state index contributed by atoms with van der Waals surface area (Å²) in [5, 5.41) is 1.54. The molecule has 0 spiro atoms.